The lowest BCUT2D eigenvalue weighted by molar-refractivity contribution is 0.415. The Morgan fingerprint density at radius 1 is 0.867 bits per heavy atom. The molecular weight excluding hydrogens is 378 g/mol. The Bertz CT molecular complexity index is 974. The number of rotatable bonds is 9. The van der Waals surface area contributed by atoms with Crippen molar-refractivity contribution in [2.75, 3.05) is 50.2 Å². The van der Waals surface area contributed by atoms with Gasteiger partial charge in [0.05, 0.1) is 7.11 Å². The second-order valence-electron chi connectivity index (χ2n) is 7.33. The Labute approximate surface area is 177 Å². The second-order valence-corrected chi connectivity index (χ2v) is 7.33. The summed E-state index contributed by atoms with van der Waals surface area (Å²) in [5.41, 5.74) is 4.11. The van der Waals surface area contributed by atoms with Crippen LogP contribution in [-0.2, 0) is 0 Å². The van der Waals surface area contributed by atoms with Crippen LogP contribution in [0.5, 0.6) is 5.75 Å². The quantitative estimate of drug-likeness (QED) is 0.491. The predicted octanol–water partition coefficient (Wildman–Crippen LogP) is 3.96. The molecule has 0 unspecified atom stereocenters. The van der Waals surface area contributed by atoms with Gasteiger partial charge >= 0.3 is 0 Å². The number of nitrogens with zero attached hydrogens (tertiary/aromatic N) is 4. The number of likely N-dealkylation sites (N-methyl/N-ethyl adjacent to an activating group) is 1. The zero-order valence-electron chi connectivity index (χ0n) is 18.2. The normalized spacial score (nSPS) is 10.7. The molecule has 1 heterocycles. The third kappa shape index (κ3) is 6.05. The van der Waals surface area contributed by atoms with Crippen molar-refractivity contribution < 1.29 is 4.74 Å². The number of hydrogen-bond acceptors (Lipinski definition) is 8. The summed E-state index contributed by atoms with van der Waals surface area (Å²) >= 11 is 0. The maximum Gasteiger partial charge on any atom is 0.233 e. The Kier molecular flexibility index (Phi) is 7.03. The number of benzene rings is 2. The fourth-order valence-corrected chi connectivity index (χ4v) is 2.75. The van der Waals surface area contributed by atoms with E-state index in [9.17, 15) is 0 Å². The second kappa shape index (κ2) is 9.89. The van der Waals surface area contributed by atoms with Crippen LogP contribution in [0.15, 0.2) is 42.5 Å². The summed E-state index contributed by atoms with van der Waals surface area (Å²) in [6.45, 7) is 5.70. The zero-order chi connectivity index (χ0) is 21.5. The summed E-state index contributed by atoms with van der Waals surface area (Å²) in [4.78, 5) is 15.7. The average molecular weight is 408 g/mol. The highest BCUT2D eigenvalue weighted by Crippen LogP contribution is 2.23. The van der Waals surface area contributed by atoms with Gasteiger partial charge in [-0.2, -0.15) is 15.0 Å². The smallest absolute Gasteiger partial charge is 0.233 e. The Hall–Kier alpha value is -3.39. The first kappa shape index (κ1) is 21.3. The fraction of sp³-hybridized carbons (Fsp3) is 0.318. The van der Waals surface area contributed by atoms with Gasteiger partial charge in [-0.05, 0) is 69.4 Å². The summed E-state index contributed by atoms with van der Waals surface area (Å²) in [5.74, 6) is 2.23. The van der Waals surface area contributed by atoms with Gasteiger partial charge in [-0.25, -0.2) is 0 Å². The number of aryl methyl sites for hydroxylation is 2. The summed E-state index contributed by atoms with van der Waals surface area (Å²) in [5, 5.41) is 9.83. The molecule has 8 heteroatoms. The van der Waals surface area contributed by atoms with Gasteiger partial charge < -0.3 is 25.6 Å². The minimum atomic E-state index is 0.454. The van der Waals surface area contributed by atoms with Crippen molar-refractivity contribution in [3.8, 4) is 5.75 Å². The van der Waals surface area contributed by atoms with Crippen molar-refractivity contribution >= 4 is 29.2 Å². The minimum absolute atomic E-state index is 0.454. The molecule has 0 spiro atoms. The number of anilines is 5. The molecule has 3 rings (SSSR count). The Balaban J connectivity index is 1.85. The molecular formula is C22H29N7O. The van der Waals surface area contributed by atoms with E-state index in [1.165, 1.54) is 0 Å². The molecule has 0 fully saturated rings. The molecule has 0 atom stereocenters. The molecule has 0 saturated heterocycles. The first-order chi connectivity index (χ1) is 14.4. The van der Waals surface area contributed by atoms with Crippen LogP contribution in [0, 0.1) is 13.8 Å². The highest BCUT2D eigenvalue weighted by atomic mass is 16.5. The molecule has 30 heavy (non-hydrogen) atoms. The topological polar surface area (TPSA) is 87.2 Å². The summed E-state index contributed by atoms with van der Waals surface area (Å²) in [6, 6.07) is 13.8. The van der Waals surface area contributed by atoms with Gasteiger partial charge in [0.2, 0.25) is 17.8 Å². The van der Waals surface area contributed by atoms with Crippen molar-refractivity contribution in [2.24, 2.45) is 0 Å². The maximum absolute atomic E-state index is 5.22. The third-order valence-corrected chi connectivity index (χ3v) is 4.46. The number of aromatic nitrogens is 3. The molecule has 3 aromatic rings. The molecule has 3 N–H and O–H groups in total. The van der Waals surface area contributed by atoms with Crippen LogP contribution < -0.4 is 20.7 Å². The van der Waals surface area contributed by atoms with Crippen molar-refractivity contribution in [3.05, 3.63) is 53.6 Å². The largest absolute Gasteiger partial charge is 0.497 e. The van der Waals surface area contributed by atoms with Gasteiger partial charge in [0.25, 0.3) is 0 Å². The lowest BCUT2D eigenvalue weighted by Crippen LogP contribution is -2.22. The lowest BCUT2D eigenvalue weighted by atomic mass is 10.1. The van der Waals surface area contributed by atoms with Crippen molar-refractivity contribution in [1.29, 1.82) is 0 Å². The number of methoxy groups -OCH3 is 1. The molecule has 8 nitrogen and oxygen atoms in total. The number of nitrogens with one attached hydrogen (secondary N) is 3. The average Bonchev–Trinajstić information content (AvgIpc) is 2.71. The molecule has 0 saturated carbocycles. The van der Waals surface area contributed by atoms with Crippen LogP contribution in [0.25, 0.3) is 0 Å². The van der Waals surface area contributed by atoms with E-state index in [1.807, 2.05) is 38.4 Å². The van der Waals surface area contributed by atoms with Crippen molar-refractivity contribution in [1.82, 2.24) is 19.9 Å². The highest BCUT2D eigenvalue weighted by molar-refractivity contribution is 5.62. The van der Waals surface area contributed by atoms with E-state index < -0.39 is 0 Å². The summed E-state index contributed by atoms with van der Waals surface area (Å²) in [7, 11) is 5.70. The van der Waals surface area contributed by atoms with Gasteiger partial charge in [-0.1, -0.05) is 12.1 Å². The molecule has 0 amide bonds. The van der Waals surface area contributed by atoms with Crippen molar-refractivity contribution in [2.45, 2.75) is 13.8 Å². The zero-order valence-corrected chi connectivity index (χ0v) is 18.2. The minimum Gasteiger partial charge on any atom is -0.497 e. The van der Waals surface area contributed by atoms with Crippen LogP contribution in [-0.4, -0.2) is 54.1 Å². The lowest BCUT2D eigenvalue weighted by Gasteiger charge is -2.14. The van der Waals surface area contributed by atoms with E-state index in [0.29, 0.717) is 17.8 Å². The first-order valence-electron chi connectivity index (χ1n) is 9.83. The van der Waals surface area contributed by atoms with E-state index in [1.54, 1.807) is 7.11 Å². The maximum atomic E-state index is 5.22. The predicted molar refractivity (Wildman–Crippen MR) is 122 cm³/mol. The molecule has 0 aliphatic carbocycles. The molecule has 158 valence electrons. The van der Waals surface area contributed by atoms with Crippen LogP contribution in [0.1, 0.15) is 11.1 Å². The third-order valence-electron chi connectivity index (χ3n) is 4.46. The molecule has 0 aliphatic rings. The van der Waals surface area contributed by atoms with E-state index in [2.05, 4.69) is 67.8 Å². The van der Waals surface area contributed by atoms with Crippen LogP contribution in [0.2, 0.25) is 0 Å². The Morgan fingerprint density at radius 2 is 1.53 bits per heavy atom. The van der Waals surface area contributed by atoms with Gasteiger partial charge in [0, 0.05) is 24.5 Å². The first-order valence-corrected chi connectivity index (χ1v) is 9.83. The molecule has 2 aromatic carbocycles. The van der Waals surface area contributed by atoms with E-state index in [-0.39, 0.29) is 0 Å². The van der Waals surface area contributed by atoms with Gasteiger partial charge in [-0.3, -0.25) is 0 Å². The van der Waals surface area contributed by atoms with Crippen molar-refractivity contribution in [3.63, 3.8) is 0 Å². The molecule has 1 aromatic heterocycles. The Morgan fingerprint density at radius 3 is 2.20 bits per heavy atom. The number of ether oxygens (including phenoxy) is 1. The summed E-state index contributed by atoms with van der Waals surface area (Å²) < 4.78 is 5.22. The molecule has 0 bridgehead atoms. The highest BCUT2D eigenvalue weighted by Gasteiger charge is 2.09. The standard InChI is InChI=1S/C22H29N7O/c1-15-6-7-16(2)19(14-15)25-22-27-20(23-12-13-29(3)4)26-21(28-22)24-17-8-10-18(30-5)11-9-17/h6-11,14H,12-13H2,1-5H3,(H3,23,24,25,26,27,28). The van der Waals surface area contributed by atoms with Crippen LogP contribution in [0.4, 0.5) is 29.2 Å². The molecule has 0 radical (unpaired) electrons. The monoisotopic (exact) mass is 407 g/mol. The van der Waals surface area contributed by atoms with E-state index >= 15 is 0 Å². The van der Waals surface area contributed by atoms with Crippen LogP contribution in [0.3, 0.4) is 0 Å². The number of hydrogen-bond donors (Lipinski definition) is 3. The van der Waals surface area contributed by atoms with Gasteiger partial charge in [0.1, 0.15) is 5.75 Å². The molecule has 0 aliphatic heterocycles. The summed E-state index contributed by atoms with van der Waals surface area (Å²) in [6.07, 6.45) is 0. The van der Waals surface area contributed by atoms with Gasteiger partial charge in [0.15, 0.2) is 0 Å². The van der Waals surface area contributed by atoms with E-state index in [0.717, 1.165) is 41.3 Å². The fourth-order valence-electron chi connectivity index (χ4n) is 2.75. The van der Waals surface area contributed by atoms with Gasteiger partial charge in [-0.15, -0.1) is 0 Å². The van der Waals surface area contributed by atoms with E-state index in [4.69, 9.17) is 4.74 Å². The van der Waals surface area contributed by atoms with Crippen LogP contribution >= 0.6 is 0 Å². The SMILES string of the molecule is COc1ccc(Nc2nc(NCCN(C)C)nc(Nc3cc(C)ccc3C)n2)cc1.